The number of benzene rings is 1. The summed E-state index contributed by atoms with van der Waals surface area (Å²) in [6, 6.07) is 3.34. The summed E-state index contributed by atoms with van der Waals surface area (Å²) >= 11 is 0. The Kier molecular flexibility index (Phi) is 6.45. The maximum Gasteiger partial charge on any atom is 0.282 e. The molecule has 0 aliphatic heterocycles. The lowest BCUT2D eigenvalue weighted by Crippen LogP contribution is -2.28. The van der Waals surface area contributed by atoms with Gasteiger partial charge < -0.3 is 15.2 Å². The molecule has 0 radical (unpaired) electrons. The standard InChI is InChI=1S/C13H18N2O5/c1-2-3-7-20-8-6-14-13(17)11-9-10(16)4-5-12(11)15(18)19/h4-5,9,16H,2-3,6-8H2,1H3,(H,14,17). The first-order valence-electron chi connectivity index (χ1n) is 6.39. The number of unbranched alkanes of at least 4 members (excludes halogenated alkanes) is 1. The van der Waals surface area contributed by atoms with Gasteiger partial charge in [0.15, 0.2) is 0 Å². The normalized spacial score (nSPS) is 10.2. The second kappa shape index (κ2) is 8.11. The Morgan fingerprint density at radius 2 is 2.20 bits per heavy atom. The van der Waals surface area contributed by atoms with Gasteiger partial charge in [-0.2, -0.15) is 0 Å². The van der Waals surface area contributed by atoms with E-state index in [-0.39, 0.29) is 23.5 Å². The molecule has 110 valence electrons. The SMILES string of the molecule is CCCCOCCNC(=O)c1cc(O)ccc1[N+](=O)[O-]. The molecule has 0 aliphatic carbocycles. The highest BCUT2D eigenvalue weighted by Crippen LogP contribution is 2.22. The number of hydrogen-bond donors (Lipinski definition) is 2. The van der Waals surface area contributed by atoms with Gasteiger partial charge in [0.1, 0.15) is 11.3 Å². The van der Waals surface area contributed by atoms with Gasteiger partial charge >= 0.3 is 0 Å². The summed E-state index contributed by atoms with van der Waals surface area (Å²) in [6.07, 6.45) is 1.98. The van der Waals surface area contributed by atoms with Crippen molar-refractivity contribution in [3.63, 3.8) is 0 Å². The average molecular weight is 282 g/mol. The molecule has 1 aromatic rings. The fourth-order valence-electron chi connectivity index (χ4n) is 1.55. The molecule has 0 heterocycles. The lowest BCUT2D eigenvalue weighted by molar-refractivity contribution is -0.385. The van der Waals surface area contributed by atoms with Crippen LogP contribution in [0.1, 0.15) is 30.1 Å². The zero-order chi connectivity index (χ0) is 15.0. The highest BCUT2D eigenvalue weighted by Gasteiger charge is 2.20. The third-order valence-corrected chi connectivity index (χ3v) is 2.60. The van der Waals surface area contributed by atoms with Crippen molar-refractivity contribution in [2.24, 2.45) is 0 Å². The summed E-state index contributed by atoms with van der Waals surface area (Å²) in [5.74, 6) is -0.799. The van der Waals surface area contributed by atoms with Gasteiger partial charge in [-0.15, -0.1) is 0 Å². The molecule has 0 fully saturated rings. The molecule has 0 saturated heterocycles. The van der Waals surface area contributed by atoms with Crippen molar-refractivity contribution < 1.29 is 19.6 Å². The number of carbonyl (C=O) groups excluding carboxylic acids is 1. The lowest BCUT2D eigenvalue weighted by atomic mass is 10.1. The zero-order valence-electron chi connectivity index (χ0n) is 11.3. The Hall–Kier alpha value is -2.15. The van der Waals surface area contributed by atoms with E-state index in [0.29, 0.717) is 13.2 Å². The van der Waals surface area contributed by atoms with Crippen LogP contribution in [0.15, 0.2) is 18.2 Å². The summed E-state index contributed by atoms with van der Waals surface area (Å²) in [5.41, 5.74) is -0.504. The van der Waals surface area contributed by atoms with Crippen LogP contribution in [0, 0.1) is 10.1 Å². The number of carbonyl (C=O) groups is 1. The number of amides is 1. The number of nitrogens with zero attached hydrogens (tertiary/aromatic N) is 1. The Morgan fingerprint density at radius 1 is 1.45 bits per heavy atom. The summed E-state index contributed by atoms with van der Waals surface area (Å²) < 4.78 is 5.26. The van der Waals surface area contributed by atoms with Crippen molar-refractivity contribution in [1.29, 1.82) is 0 Å². The molecule has 1 aromatic carbocycles. The number of rotatable bonds is 8. The van der Waals surface area contributed by atoms with Crippen LogP contribution in [-0.2, 0) is 4.74 Å². The Bertz CT molecular complexity index is 476. The van der Waals surface area contributed by atoms with Crippen LogP contribution in [0.5, 0.6) is 5.75 Å². The third kappa shape index (κ3) is 4.85. The Balaban J connectivity index is 2.54. The van der Waals surface area contributed by atoms with E-state index in [9.17, 15) is 20.0 Å². The molecule has 2 N–H and O–H groups in total. The van der Waals surface area contributed by atoms with Gasteiger partial charge in [-0.1, -0.05) is 13.3 Å². The van der Waals surface area contributed by atoms with Crippen LogP contribution in [0.25, 0.3) is 0 Å². The van der Waals surface area contributed by atoms with Gasteiger partial charge in [-0.25, -0.2) is 0 Å². The average Bonchev–Trinajstić information content (AvgIpc) is 2.42. The number of nitro groups is 1. The van der Waals surface area contributed by atoms with Crippen molar-refractivity contribution in [2.45, 2.75) is 19.8 Å². The first-order chi connectivity index (χ1) is 9.56. The van der Waals surface area contributed by atoms with E-state index in [2.05, 4.69) is 5.32 Å². The number of hydrogen-bond acceptors (Lipinski definition) is 5. The van der Waals surface area contributed by atoms with Gasteiger partial charge in [0.05, 0.1) is 11.5 Å². The van der Waals surface area contributed by atoms with Crippen molar-refractivity contribution in [3.05, 3.63) is 33.9 Å². The predicted molar refractivity (Wildman–Crippen MR) is 72.8 cm³/mol. The topological polar surface area (TPSA) is 102 Å². The number of ether oxygens (including phenoxy) is 1. The fourth-order valence-corrected chi connectivity index (χ4v) is 1.55. The fraction of sp³-hybridized carbons (Fsp3) is 0.462. The molecule has 1 rings (SSSR count). The summed E-state index contributed by atoms with van der Waals surface area (Å²) in [7, 11) is 0. The van der Waals surface area contributed by atoms with E-state index < -0.39 is 10.8 Å². The molecule has 0 atom stereocenters. The van der Waals surface area contributed by atoms with E-state index in [1.807, 2.05) is 6.92 Å². The van der Waals surface area contributed by atoms with Crippen LogP contribution in [0.4, 0.5) is 5.69 Å². The molecule has 7 nitrogen and oxygen atoms in total. The maximum atomic E-state index is 11.8. The van der Waals surface area contributed by atoms with Crippen molar-refractivity contribution >= 4 is 11.6 Å². The molecule has 20 heavy (non-hydrogen) atoms. The van der Waals surface area contributed by atoms with Crippen molar-refractivity contribution in [1.82, 2.24) is 5.32 Å². The quantitative estimate of drug-likeness (QED) is 0.430. The maximum absolute atomic E-state index is 11.8. The molecule has 0 bridgehead atoms. The first kappa shape index (κ1) is 15.9. The molecule has 0 saturated carbocycles. The Morgan fingerprint density at radius 3 is 2.85 bits per heavy atom. The van der Waals surface area contributed by atoms with Crippen LogP contribution < -0.4 is 5.32 Å². The van der Waals surface area contributed by atoms with Gasteiger partial charge in [0.25, 0.3) is 11.6 Å². The summed E-state index contributed by atoms with van der Waals surface area (Å²) in [6.45, 7) is 3.28. The van der Waals surface area contributed by atoms with E-state index in [4.69, 9.17) is 4.74 Å². The lowest BCUT2D eigenvalue weighted by Gasteiger charge is -2.07. The van der Waals surface area contributed by atoms with E-state index >= 15 is 0 Å². The largest absolute Gasteiger partial charge is 0.508 e. The highest BCUT2D eigenvalue weighted by molar-refractivity contribution is 5.98. The van der Waals surface area contributed by atoms with Gasteiger partial charge in [-0.05, 0) is 18.6 Å². The van der Waals surface area contributed by atoms with Crippen molar-refractivity contribution in [3.8, 4) is 5.75 Å². The van der Waals surface area contributed by atoms with Crippen LogP contribution in [0.2, 0.25) is 0 Å². The minimum absolute atomic E-state index is 0.163. The molecule has 0 aromatic heterocycles. The smallest absolute Gasteiger partial charge is 0.282 e. The first-order valence-corrected chi connectivity index (χ1v) is 6.39. The molecule has 1 amide bonds. The minimum Gasteiger partial charge on any atom is -0.508 e. The van der Waals surface area contributed by atoms with Gasteiger partial charge in [-0.3, -0.25) is 14.9 Å². The minimum atomic E-state index is -0.661. The number of phenolic OH excluding ortho intramolecular Hbond substituents is 1. The zero-order valence-corrected chi connectivity index (χ0v) is 11.3. The summed E-state index contributed by atoms with van der Waals surface area (Å²) in [4.78, 5) is 22.0. The van der Waals surface area contributed by atoms with Gasteiger partial charge in [0, 0.05) is 19.2 Å². The van der Waals surface area contributed by atoms with Crippen LogP contribution >= 0.6 is 0 Å². The molecule has 0 aliphatic rings. The van der Waals surface area contributed by atoms with E-state index in [0.717, 1.165) is 25.0 Å². The predicted octanol–water partition coefficient (Wildman–Crippen LogP) is 1.85. The third-order valence-electron chi connectivity index (χ3n) is 2.60. The van der Waals surface area contributed by atoms with Gasteiger partial charge in [0.2, 0.25) is 0 Å². The summed E-state index contributed by atoms with van der Waals surface area (Å²) in [5, 5.41) is 22.6. The number of phenols is 1. The van der Waals surface area contributed by atoms with Crippen molar-refractivity contribution in [2.75, 3.05) is 19.8 Å². The Labute approximate surface area is 116 Å². The molecule has 0 spiro atoms. The van der Waals surface area contributed by atoms with E-state index in [1.165, 1.54) is 6.07 Å². The highest BCUT2D eigenvalue weighted by atomic mass is 16.6. The molecular weight excluding hydrogens is 264 g/mol. The molecular formula is C13H18N2O5. The number of aromatic hydroxyl groups is 1. The second-order valence-corrected chi connectivity index (χ2v) is 4.18. The molecule has 0 unspecified atom stereocenters. The monoisotopic (exact) mass is 282 g/mol. The molecule has 7 heteroatoms. The van der Waals surface area contributed by atoms with Crippen LogP contribution in [-0.4, -0.2) is 35.7 Å². The second-order valence-electron chi connectivity index (χ2n) is 4.18. The van der Waals surface area contributed by atoms with E-state index in [1.54, 1.807) is 0 Å². The van der Waals surface area contributed by atoms with Crippen LogP contribution in [0.3, 0.4) is 0 Å². The number of nitro benzene ring substituents is 1. The number of nitrogens with one attached hydrogen (secondary N) is 1.